The minimum atomic E-state index is -3.71. The van der Waals surface area contributed by atoms with E-state index in [1.807, 2.05) is 0 Å². The number of aryl methyl sites for hydroxylation is 1. The number of rotatable bonds is 6. The van der Waals surface area contributed by atoms with Crippen molar-refractivity contribution >= 4 is 45.5 Å². The summed E-state index contributed by atoms with van der Waals surface area (Å²) < 4.78 is 27.6. The van der Waals surface area contributed by atoms with Crippen LogP contribution in [0.25, 0.3) is 6.08 Å². The van der Waals surface area contributed by atoms with E-state index >= 15 is 0 Å². The van der Waals surface area contributed by atoms with Gasteiger partial charge in [-0.25, -0.2) is 18.1 Å². The number of hydrogen-bond donors (Lipinski definition) is 2. The van der Waals surface area contributed by atoms with Gasteiger partial charge in [-0.2, -0.15) is 4.31 Å². The minimum Gasteiger partial charge on any atom is -0.328 e. The first-order valence-corrected chi connectivity index (χ1v) is 15.3. The normalized spacial score (nSPS) is 26.0. The Morgan fingerprint density at radius 2 is 1.77 bits per heavy atom. The van der Waals surface area contributed by atoms with E-state index in [0.29, 0.717) is 30.0 Å². The van der Waals surface area contributed by atoms with Crippen LogP contribution in [0.2, 0.25) is 0 Å². The van der Waals surface area contributed by atoms with Crippen LogP contribution in [0.5, 0.6) is 0 Å². The van der Waals surface area contributed by atoms with Gasteiger partial charge in [-0.1, -0.05) is 19.9 Å². The molecule has 2 N–H and O–H groups in total. The summed E-state index contributed by atoms with van der Waals surface area (Å²) in [6, 6.07) is 4.52. The molecule has 11 heteroatoms. The maximum absolute atomic E-state index is 13.1. The van der Waals surface area contributed by atoms with E-state index in [1.54, 1.807) is 25.1 Å². The van der Waals surface area contributed by atoms with Crippen molar-refractivity contribution in [3.8, 4) is 0 Å². The fourth-order valence-corrected chi connectivity index (χ4v) is 7.34. The van der Waals surface area contributed by atoms with Crippen LogP contribution in [0.3, 0.4) is 0 Å². The zero-order chi connectivity index (χ0) is 27.9. The number of imide groups is 1. The van der Waals surface area contributed by atoms with E-state index in [4.69, 9.17) is 4.99 Å². The number of nitrogens with one attached hydrogen (secondary N) is 2. The largest absolute Gasteiger partial charge is 0.329 e. The Hall–Kier alpha value is -3.05. The number of anilines is 1. The Bertz CT molecular complexity index is 1320. The second-order valence-corrected chi connectivity index (χ2v) is 13.3. The second kappa shape index (κ2) is 10.5. The van der Waals surface area contributed by atoms with Gasteiger partial charge in [0.15, 0.2) is 0 Å². The summed E-state index contributed by atoms with van der Waals surface area (Å²) in [4.78, 5) is 42.8. The van der Waals surface area contributed by atoms with Gasteiger partial charge >= 0.3 is 6.03 Å². The van der Waals surface area contributed by atoms with Crippen LogP contribution >= 0.6 is 0 Å². The maximum atomic E-state index is 13.1. The summed E-state index contributed by atoms with van der Waals surface area (Å²) in [7, 11) is -3.71. The highest BCUT2D eigenvalue weighted by Crippen LogP contribution is 2.38. The van der Waals surface area contributed by atoms with Crippen LogP contribution in [0.1, 0.15) is 63.5 Å². The van der Waals surface area contributed by atoms with Crippen LogP contribution in [-0.4, -0.2) is 61.6 Å². The number of sulfonamides is 1. The fraction of sp³-hybridized carbons (Fsp3) is 0.571. The highest BCUT2D eigenvalue weighted by Gasteiger charge is 2.48. The third kappa shape index (κ3) is 5.38. The molecule has 39 heavy (non-hydrogen) atoms. The molecule has 10 nitrogen and oxygen atoms in total. The van der Waals surface area contributed by atoms with E-state index in [0.717, 1.165) is 47.9 Å². The molecule has 0 aromatic heterocycles. The van der Waals surface area contributed by atoms with Crippen molar-refractivity contribution in [2.75, 3.05) is 24.5 Å². The minimum absolute atomic E-state index is 0.0392. The number of amidine groups is 1. The van der Waals surface area contributed by atoms with Crippen molar-refractivity contribution in [1.82, 2.24) is 14.9 Å². The molecule has 1 aromatic rings. The number of benzene rings is 1. The van der Waals surface area contributed by atoms with Gasteiger partial charge in [0.1, 0.15) is 11.4 Å². The predicted molar refractivity (Wildman–Crippen MR) is 149 cm³/mol. The number of carbonyl (C=O) groups is 3. The molecule has 0 bridgehead atoms. The number of amides is 4. The molecule has 210 valence electrons. The second-order valence-electron chi connectivity index (χ2n) is 11.5. The fourth-order valence-electron chi connectivity index (χ4n) is 6.16. The van der Waals surface area contributed by atoms with Crippen molar-refractivity contribution < 1.29 is 22.8 Å². The summed E-state index contributed by atoms with van der Waals surface area (Å²) in [5, 5.41) is 6.71. The third-order valence-electron chi connectivity index (χ3n) is 8.78. The lowest BCUT2D eigenvalue weighted by Gasteiger charge is -2.34. The molecule has 5 rings (SSSR count). The molecule has 0 atom stereocenters. The average Bonchev–Trinajstić information content (AvgIpc) is 3.41. The Morgan fingerprint density at radius 3 is 2.36 bits per heavy atom. The van der Waals surface area contributed by atoms with Gasteiger partial charge in [-0.05, 0) is 86.6 Å². The van der Waals surface area contributed by atoms with E-state index in [1.165, 1.54) is 15.8 Å². The number of hydrogen-bond acceptors (Lipinski definition) is 6. The van der Waals surface area contributed by atoms with E-state index < -0.39 is 21.6 Å². The Balaban J connectivity index is 1.22. The standard InChI is InChI=1S/C28H37N5O5S/c1-18(2)20-4-6-22(7-5-20)25-30-26(35)28(31-25)11-13-32(14-12-28)39(37,38)15-10-21-8-9-23(16-19(21)3)33-24(34)17-29-27(33)36/h8-10,15-16,18,20,22H,4-7,11-14,17H2,1-3H3,(H,29,36)(H,30,31,35)/b15-10+. The number of piperidine rings is 1. The first-order valence-electron chi connectivity index (χ1n) is 13.8. The number of urea groups is 1. The molecule has 1 aromatic carbocycles. The quantitative estimate of drug-likeness (QED) is 0.521. The monoisotopic (exact) mass is 555 g/mol. The van der Waals surface area contributed by atoms with Crippen LogP contribution in [-0.2, 0) is 19.6 Å². The molecule has 4 amide bonds. The lowest BCUT2D eigenvalue weighted by molar-refractivity contribution is -0.125. The number of aliphatic imine (C=N–C) groups is 1. The molecule has 2 saturated heterocycles. The molecular weight excluding hydrogens is 518 g/mol. The summed E-state index contributed by atoms with van der Waals surface area (Å²) in [5.41, 5.74) is 0.970. The van der Waals surface area contributed by atoms with E-state index in [9.17, 15) is 22.8 Å². The lowest BCUT2D eigenvalue weighted by atomic mass is 9.76. The van der Waals surface area contributed by atoms with Gasteiger partial charge in [0, 0.05) is 24.4 Å². The predicted octanol–water partition coefficient (Wildman–Crippen LogP) is 3.18. The zero-order valence-electron chi connectivity index (χ0n) is 22.8. The van der Waals surface area contributed by atoms with Crippen LogP contribution < -0.4 is 15.5 Å². The molecule has 3 heterocycles. The van der Waals surface area contributed by atoms with Crippen molar-refractivity contribution in [1.29, 1.82) is 0 Å². The molecule has 4 aliphatic rings. The molecule has 1 saturated carbocycles. The van der Waals surface area contributed by atoms with E-state index in [-0.39, 0.29) is 37.4 Å². The van der Waals surface area contributed by atoms with Gasteiger partial charge in [0.05, 0.1) is 12.2 Å². The zero-order valence-corrected chi connectivity index (χ0v) is 23.6. The highest BCUT2D eigenvalue weighted by atomic mass is 32.2. The SMILES string of the molecule is Cc1cc(N2C(=O)CNC2=O)ccc1/C=C/S(=O)(=O)N1CCC2(CC1)N=C(C1CCC(C(C)C)CC1)NC2=O. The molecule has 3 aliphatic heterocycles. The van der Waals surface area contributed by atoms with Gasteiger partial charge < -0.3 is 10.6 Å². The van der Waals surface area contributed by atoms with Crippen molar-refractivity contribution in [2.45, 2.75) is 64.8 Å². The molecular formula is C28H37N5O5S. The highest BCUT2D eigenvalue weighted by molar-refractivity contribution is 7.92. The lowest BCUT2D eigenvalue weighted by Crippen LogP contribution is -2.50. The number of carbonyl (C=O) groups excluding carboxylic acids is 3. The first-order chi connectivity index (χ1) is 18.5. The molecule has 1 aliphatic carbocycles. The van der Waals surface area contributed by atoms with Crippen LogP contribution in [0.15, 0.2) is 28.6 Å². The summed E-state index contributed by atoms with van der Waals surface area (Å²) >= 11 is 0. The van der Waals surface area contributed by atoms with Crippen molar-refractivity contribution in [3.05, 3.63) is 34.7 Å². The molecule has 0 radical (unpaired) electrons. The molecule has 3 fully saturated rings. The molecule has 0 unspecified atom stereocenters. The summed E-state index contributed by atoms with van der Waals surface area (Å²) in [5.74, 6) is 2.04. The topological polar surface area (TPSA) is 128 Å². The van der Waals surface area contributed by atoms with E-state index in [2.05, 4.69) is 24.5 Å². The number of nitrogens with zero attached hydrogens (tertiary/aromatic N) is 3. The Morgan fingerprint density at radius 1 is 1.08 bits per heavy atom. The first kappa shape index (κ1) is 27.5. The van der Waals surface area contributed by atoms with Crippen LogP contribution in [0, 0.1) is 24.7 Å². The van der Waals surface area contributed by atoms with Gasteiger partial charge in [0.2, 0.25) is 10.0 Å². The Labute approximate surface area is 230 Å². The van der Waals surface area contributed by atoms with Crippen LogP contribution in [0.4, 0.5) is 10.5 Å². The Kier molecular flexibility index (Phi) is 7.41. The van der Waals surface area contributed by atoms with Gasteiger partial charge in [-0.3, -0.25) is 14.6 Å². The smallest absolute Gasteiger partial charge is 0.328 e. The van der Waals surface area contributed by atoms with Crippen molar-refractivity contribution in [2.24, 2.45) is 22.7 Å². The molecule has 1 spiro atoms. The van der Waals surface area contributed by atoms with Gasteiger partial charge in [0.25, 0.3) is 11.8 Å². The summed E-state index contributed by atoms with van der Waals surface area (Å²) in [6.45, 7) is 6.73. The van der Waals surface area contributed by atoms with Crippen molar-refractivity contribution in [3.63, 3.8) is 0 Å². The third-order valence-corrected chi connectivity index (χ3v) is 10.3. The maximum Gasteiger partial charge on any atom is 0.329 e. The van der Waals surface area contributed by atoms with Gasteiger partial charge in [-0.15, -0.1) is 0 Å². The summed E-state index contributed by atoms with van der Waals surface area (Å²) in [6.07, 6.45) is 6.60. The average molecular weight is 556 g/mol.